The fourth-order valence-corrected chi connectivity index (χ4v) is 2.53. The zero-order chi connectivity index (χ0) is 16.8. The van der Waals surface area contributed by atoms with Gasteiger partial charge < -0.3 is 20.3 Å². The molecule has 1 aromatic rings. The number of nitrogens with one attached hydrogen (secondary N) is 2. The molecule has 0 spiro atoms. The molecule has 0 saturated heterocycles. The molecule has 2 rings (SSSR count). The number of aliphatic imine (C=N–C) groups is 1. The normalized spacial score (nSPS) is 17.9. The van der Waals surface area contributed by atoms with Crippen LogP contribution in [0.4, 0.5) is 0 Å². The number of likely N-dealkylation sites (N-methyl/N-ethyl adjacent to an activating group) is 1. The number of ether oxygens (including phenoxy) is 1. The first-order valence-electron chi connectivity index (χ1n) is 7.99. The Bertz CT molecular complexity index is 571. The fraction of sp³-hybridized carbons (Fsp3) is 0.529. The first kappa shape index (κ1) is 17.1. The number of carbonyl (C=O) groups excluding carboxylic acids is 1. The first-order valence-corrected chi connectivity index (χ1v) is 7.99. The number of carbonyl (C=O) groups is 1. The molecular formula is C17H26N4O2. The van der Waals surface area contributed by atoms with Crippen LogP contribution in [0.1, 0.15) is 25.3 Å². The summed E-state index contributed by atoms with van der Waals surface area (Å²) >= 11 is 0. The standard InChI is InChI=1S/C17H26N4O2/c1-5-18-17(19-10-16(22)21(3)4)20-12(2)14-11-23-15-9-7-6-8-13(14)15/h6-9,12,14H,5,10-11H2,1-4H3,(H2,18,19,20). The van der Waals surface area contributed by atoms with Crippen molar-refractivity contribution in [1.29, 1.82) is 0 Å². The van der Waals surface area contributed by atoms with Crippen LogP contribution in [0.15, 0.2) is 29.3 Å². The second-order valence-corrected chi connectivity index (χ2v) is 5.87. The SMILES string of the molecule is CCNC(=NCC(=O)N(C)C)NC(C)C1COc2ccccc21. The van der Waals surface area contributed by atoms with Crippen LogP contribution in [0, 0.1) is 0 Å². The first-order chi connectivity index (χ1) is 11.0. The second-order valence-electron chi connectivity index (χ2n) is 5.87. The highest BCUT2D eigenvalue weighted by Crippen LogP contribution is 2.35. The third-order valence-corrected chi connectivity index (χ3v) is 3.92. The van der Waals surface area contributed by atoms with Crippen LogP contribution >= 0.6 is 0 Å². The maximum Gasteiger partial charge on any atom is 0.243 e. The van der Waals surface area contributed by atoms with E-state index < -0.39 is 0 Å². The summed E-state index contributed by atoms with van der Waals surface area (Å²) in [5.41, 5.74) is 1.22. The molecule has 6 heteroatoms. The average Bonchev–Trinajstić information content (AvgIpc) is 2.96. The molecule has 2 unspecified atom stereocenters. The van der Waals surface area contributed by atoms with Gasteiger partial charge in [-0.2, -0.15) is 0 Å². The predicted molar refractivity (Wildman–Crippen MR) is 91.9 cm³/mol. The molecule has 1 aliphatic heterocycles. The molecular weight excluding hydrogens is 292 g/mol. The predicted octanol–water partition coefficient (Wildman–Crippen LogP) is 1.19. The molecule has 1 aliphatic rings. The number of hydrogen-bond donors (Lipinski definition) is 2. The number of amides is 1. The van der Waals surface area contributed by atoms with Crippen molar-refractivity contribution < 1.29 is 9.53 Å². The zero-order valence-corrected chi connectivity index (χ0v) is 14.3. The van der Waals surface area contributed by atoms with Gasteiger partial charge in [-0.05, 0) is 19.9 Å². The lowest BCUT2D eigenvalue weighted by atomic mass is 9.94. The molecule has 0 radical (unpaired) electrons. The number of benzene rings is 1. The van der Waals surface area contributed by atoms with Crippen LogP contribution in [0.25, 0.3) is 0 Å². The molecule has 2 N–H and O–H groups in total. The zero-order valence-electron chi connectivity index (χ0n) is 14.3. The molecule has 1 amide bonds. The van der Waals surface area contributed by atoms with E-state index in [1.54, 1.807) is 14.1 Å². The van der Waals surface area contributed by atoms with Gasteiger partial charge in [0.05, 0.1) is 6.61 Å². The molecule has 126 valence electrons. The number of hydrogen-bond acceptors (Lipinski definition) is 3. The van der Waals surface area contributed by atoms with E-state index >= 15 is 0 Å². The molecule has 0 fully saturated rings. The maximum atomic E-state index is 11.7. The lowest BCUT2D eigenvalue weighted by molar-refractivity contribution is -0.127. The van der Waals surface area contributed by atoms with E-state index in [0.717, 1.165) is 12.3 Å². The van der Waals surface area contributed by atoms with Crippen molar-refractivity contribution in [1.82, 2.24) is 15.5 Å². The molecule has 6 nitrogen and oxygen atoms in total. The van der Waals surface area contributed by atoms with Crippen LogP contribution in [-0.2, 0) is 4.79 Å². The van der Waals surface area contributed by atoms with Gasteiger partial charge in [-0.3, -0.25) is 4.79 Å². The van der Waals surface area contributed by atoms with E-state index in [-0.39, 0.29) is 24.4 Å². The Kier molecular flexibility index (Phi) is 5.84. The monoisotopic (exact) mass is 318 g/mol. The van der Waals surface area contributed by atoms with Gasteiger partial charge in [0.25, 0.3) is 0 Å². The van der Waals surface area contributed by atoms with Gasteiger partial charge in [0.1, 0.15) is 12.3 Å². The lowest BCUT2D eigenvalue weighted by Gasteiger charge is -2.22. The van der Waals surface area contributed by atoms with Crippen LogP contribution in [0.3, 0.4) is 0 Å². The van der Waals surface area contributed by atoms with E-state index in [0.29, 0.717) is 12.6 Å². The summed E-state index contributed by atoms with van der Waals surface area (Å²) in [4.78, 5) is 17.6. The quantitative estimate of drug-likeness (QED) is 0.632. The van der Waals surface area contributed by atoms with E-state index in [1.807, 2.05) is 25.1 Å². The van der Waals surface area contributed by atoms with E-state index in [4.69, 9.17) is 4.74 Å². The molecule has 0 aliphatic carbocycles. The van der Waals surface area contributed by atoms with Crippen molar-refractivity contribution in [3.05, 3.63) is 29.8 Å². The molecule has 23 heavy (non-hydrogen) atoms. The Morgan fingerprint density at radius 2 is 2.17 bits per heavy atom. The Labute approximate surface area is 137 Å². The molecule has 0 bridgehead atoms. The molecule has 1 aromatic carbocycles. The Morgan fingerprint density at radius 3 is 2.87 bits per heavy atom. The number of para-hydroxylation sites is 1. The highest BCUT2D eigenvalue weighted by Gasteiger charge is 2.29. The van der Waals surface area contributed by atoms with Gasteiger partial charge in [0.15, 0.2) is 5.96 Å². The van der Waals surface area contributed by atoms with E-state index in [9.17, 15) is 4.79 Å². The number of guanidine groups is 1. The van der Waals surface area contributed by atoms with Crippen LogP contribution in [-0.4, -0.2) is 56.6 Å². The number of nitrogens with zero attached hydrogens (tertiary/aromatic N) is 2. The minimum Gasteiger partial charge on any atom is -0.493 e. The van der Waals surface area contributed by atoms with Gasteiger partial charge in [0.2, 0.25) is 5.91 Å². The van der Waals surface area contributed by atoms with Gasteiger partial charge >= 0.3 is 0 Å². The number of rotatable bonds is 5. The minimum absolute atomic E-state index is 0.0237. The van der Waals surface area contributed by atoms with Crippen molar-refractivity contribution in [3.63, 3.8) is 0 Å². The highest BCUT2D eigenvalue weighted by atomic mass is 16.5. The van der Waals surface area contributed by atoms with Crippen LogP contribution in [0.2, 0.25) is 0 Å². The summed E-state index contributed by atoms with van der Waals surface area (Å²) in [6.07, 6.45) is 0. The third kappa shape index (κ3) is 4.37. The number of fused-ring (bicyclic) bond motifs is 1. The summed E-state index contributed by atoms with van der Waals surface area (Å²) in [5, 5.41) is 6.57. The summed E-state index contributed by atoms with van der Waals surface area (Å²) in [5.74, 6) is 1.85. The molecule has 0 aromatic heterocycles. The summed E-state index contributed by atoms with van der Waals surface area (Å²) in [7, 11) is 3.46. The van der Waals surface area contributed by atoms with Crippen LogP contribution < -0.4 is 15.4 Å². The smallest absolute Gasteiger partial charge is 0.243 e. The highest BCUT2D eigenvalue weighted by molar-refractivity contribution is 5.85. The second kappa shape index (κ2) is 7.85. The van der Waals surface area contributed by atoms with Crippen molar-refractivity contribution in [3.8, 4) is 5.75 Å². The van der Waals surface area contributed by atoms with Crippen molar-refractivity contribution in [2.75, 3.05) is 33.8 Å². The molecule has 2 atom stereocenters. The van der Waals surface area contributed by atoms with Gasteiger partial charge in [0, 0.05) is 38.2 Å². The summed E-state index contributed by atoms with van der Waals surface area (Å²) < 4.78 is 5.74. The van der Waals surface area contributed by atoms with Crippen molar-refractivity contribution in [2.24, 2.45) is 4.99 Å². The maximum absolute atomic E-state index is 11.7. The molecule has 1 heterocycles. The molecule has 0 saturated carbocycles. The average molecular weight is 318 g/mol. The lowest BCUT2D eigenvalue weighted by Crippen LogP contribution is -2.45. The summed E-state index contributed by atoms with van der Waals surface area (Å²) in [6.45, 7) is 5.64. The topological polar surface area (TPSA) is 66.0 Å². The third-order valence-electron chi connectivity index (χ3n) is 3.92. The van der Waals surface area contributed by atoms with Gasteiger partial charge in [-0.15, -0.1) is 0 Å². The fourth-order valence-electron chi connectivity index (χ4n) is 2.53. The van der Waals surface area contributed by atoms with Gasteiger partial charge in [-0.25, -0.2) is 4.99 Å². The Morgan fingerprint density at radius 1 is 1.43 bits per heavy atom. The van der Waals surface area contributed by atoms with Crippen LogP contribution in [0.5, 0.6) is 5.75 Å². The largest absolute Gasteiger partial charge is 0.493 e. The van der Waals surface area contributed by atoms with Crippen molar-refractivity contribution >= 4 is 11.9 Å². The van der Waals surface area contributed by atoms with Gasteiger partial charge in [-0.1, -0.05) is 18.2 Å². The van der Waals surface area contributed by atoms with E-state index in [2.05, 4.69) is 28.6 Å². The summed E-state index contributed by atoms with van der Waals surface area (Å²) in [6, 6.07) is 8.26. The Hall–Kier alpha value is -2.24. The minimum atomic E-state index is -0.0237. The van der Waals surface area contributed by atoms with Crippen molar-refractivity contribution in [2.45, 2.75) is 25.8 Å². The Balaban J connectivity index is 2.02. The van der Waals surface area contributed by atoms with E-state index in [1.165, 1.54) is 10.5 Å².